The van der Waals surface area contributed by atoms with Gasteiger partial charge in [-0.25, -0.2) is 0 Å². The molecule has 0 aliphatic heterocycles. The lowest BCUT2D eigenvalue weighted by Crippen LogP contribution is -2.18. The molecule has 1 aliphatic carbocycles. The van der Waals surface area contributed by atoms with Gasteiger partial charge in [-0.05, 0) is 56.0 Å². The van der Waals surface area contributed by atoms with E-state index >= 15 is 0 Å². The Kier molecular flexibility index (Phi) is 2.48. The van der Waals surface area contributed by atoms with E-state index in [-0.39, 0.29) is 0 Å². The molecule has 90 valence electrons. The smallest absolute Gasteiger partial charge is 0.0464 e. The lowest BCUT2D eigenvalue weighted by atomic mass is 10.0. The van der Waals surface area contributed by atoms with Gasteiger partial charge in [-0.3, -0.25) is 0 Å². The maximum atomic E-state index is 3.61. The van der Waals surface area contributed by atoms with E-state index in [1.165, 1.54) is 46.1 Å². The highest BCUT2D eigenvalue weighted by Gasteiger charge is 2.26. The minimum Gasteiger partial charge on any atom is -0.358 e. The Morgan fingerprint density at radius 1 is 1.35 bits per heavy atom. The highest BCUT2D eigenvalue weighted by atomic mass is 14.9. The number of hydrogen-bond acceptors (Lipinski definition) is 1. The third-order valence-electron chi connectivity index (χ3n) is 3.84. The minimum absolute atomic E-state index is 0.546. The fourth-order valence-electron chi connectivity index (χ4n) is 3.27. The van der Waals surface area contributed by atoms with Crippen molar-refractivity contribution >= 4 is 10.9 Å². The van der Waals surface area contributed by atoms with Crippen LogP contribution >= 0.6 is 0 Å². The van der Waals surface area contributed by atoms with Gasteiger partial charge >= 0.3 is 0 Å². The average molecular weight is 228 g/mol. The summed E-state index contributed by atoms with van der Waals surface area (Å²) in [7, 11) is 0. The van der Waals surface area contributed by atoms with Crippen LogP contribution in [-0.2, 0) is 6.42 Å². The van der Waals surface area contributed by atoms with Gasteiger partial charge in [0.05, 0.1) is 0 Å². The average Bonchev–Trinajstić information content (AvgIpc) is 2.78. The summed E-state index contributed by atoms with van der Waals surface area (Å²) >= 11 is 0. The first-order chi connectivity index (χ1) is 8.20. The van der Waals surface area contributed by atoms with Crippen LogP contribution in [0.15, 0.2) is 12.1 Å². The van der Waals surface area contributed by atoms with Gasteiger partial charge in [-0.15, -0.1) is 0 Å². The second-order valence-corrected chi connectivity index (χ2v) is 5.17. The lowest BCUT2D eigenvalue weighted by Gasteiger charge is -2.12. The molecule has 2 N–H and O–H groups in total. The number of benzene rings is 1. The first-order valence-corrected chi connectivity index (χ1v) is 6.55. The second kappa shape index (κ2) is 3.88. The van der Waals surface area contributed by atoms with Crippen molar-refractivity contribution < 1.29 is 0 Å². The minimum atomic E-state index is 0.546. The van der Waals surface area contributed by atoms with Crippen molar-refractivity contribution in [1.82, 2.24) is 10.3 Å². The first-order valence-electron chi connectivity index (χ1n) is 6.55. The number of fused-ring (bicyclic) bond motifs is 3. The molecule has 1 aromatic carbocycles. The summed E-state index contributed by atoms with van der Waals surface area (Å²) in [4.78, 5) is 3.61. The molecule has 2 aromatic rings. The molecule has 1 heterocycles. The molecule has 0 saturated carbocycles. The van der Waals surface area contributed by atoms with E-state index in [1.54, 1.807) is 0 Å². The van der Waals surface area contributed by atoms with Gasteiger partial charge in [0.15, 0.2) is 0 Å². The van der Waals surface area contributed by atoms with E-state index in [2.05, 4.69) is 43.2 Å². The number of aromatic amines is 1. The molecule has 0 radical (unpaired) electrons. The van der Waals surface area contributed by atoms with Crippen LogP contribution in [0.25, 0.3) is 10.9 Å². The molecular formula is C15H20N2. The van der Waals surface area contributed by atoms with Crippen LogP contribution in [0.1, 0.15) is 41.8 Å². The monoisotopic (exact) mass is 228 g/mol. The van der Waals surface area contributed by atoms with Crippen molar-refractivity contribution in [2.75, 3.05) is 6.54 Å². The summed E-state index contributed by atoms with van der Waals surface area (Å²) in [5, 5.41) is 5.05. The molecule has 2 nitrogen and oxygen atoms in total. The Balaban J connectivity index is 2.23. The number of aryl methyl sites for hydroxylation is 3. The number of aromatic nitrogens is 1. The van der Waals surface area contributed by atoms with Gasteiger partial charge < -0.3 is 10.3 Å². The van der Waals surface area contributed by atoms with E-state index in [0.29, 0.717) is 6.04 Å². The highest BCUT2D eigenvalue weighted by molar-refractivity contribution is 5.89. The van der Waals surface area contributed by atoms with Crippen LogP contribution in [0.3, 0.4) is 0 Å². The molecule has 3 rings (SSSR count). The molecular weight excluding hydrogens is 208 g/mol. The molecule has 1 aliphatic rings. The molecule has 2 heteroatoms. The summed E-state index contributed by atoms with van der Waals surface area (Å²) < 4.78 is 0. The third-order valence-corrected chi connectivity index (χ3v) is 3.84. The standard InChI is InChI=1S/C15H20N2/c1-4-16-11-5-6-12-15(11)14-10(3)7-9(2)8-13(14)17-12/h7-8,11,16-17H,4-6H2,1-3H3. The van der Waals surface area contributed by atoms with Gasteiger partial charge in [0.1, 0.15) is 0 Å². The predicted octanol–water partition coefficient (Wildman–Crippen LogP) is 3.38. The second-order valence-electron chi connectivity index (χ2n) is 5.17. The molecule has 0 spiro atoms. The van der Waals surface area contributed by atoms with Crippen LogP contribution in [0, 0.1) is 13.8 Å². The van der Waals surface area contributed by atoms with Gasteiger partial charge in [0.25, 0.3) is 0 Å². The largest absolute Gasteiger partial charge is 0.358 e. The Labute approximate surface area is 102 Å². The quantitative estimate of drug-likeness (QED) is 0.810. The zero-order chi connectivity index (χ0) is 12.0. The van der Waals surface area contributed by atoms with Crippen LogP contribution < -0.4 is 5.32 Å². The molecule has 1 atom stereocenters. The maximum Gasteiger partial charge on any atom is 0.0464 e. The SMILES string of the molecule is CCNC1CCc2[nH]c3cc(C)cc(C)c3c21. The van der Waals surface area contributed by atoms with Crippen molar-refractivity contribution in [2.24, 2.45) is 0 Å². The van der Waals surface area contributed by atoms with Crippen molar-refractivity contribution in [3.05, 3.63) is 34.5 Å². The van der Waals surface area contributed by atoms with Crippen LogP contribution in [0.4, 0.5) is 0 Å². The number of hydrogen-bond donors (Lipinski definition) is 2. The molecule has 0 bridgehead atoms. The molecule has 0 fully saturated rings. The fraction of sp³-hybridized carbons (Fsp3) is 0.467. The molecule has 1 unspecified atom stereocenters. The van der Waals surface area contributed by atoms with E-state index in [4.69, 9.17) is 0 Å². The Bertz CT molecular complexity index is 566. The van der Waals surface area contributed by atoms with Crippen molar-refractivity contribution in [1.29, 1.82) is 0 Å². The van der Waals surface area contributed by atoms with Crippen LogP contribution in [-0.4, -0.2) is 11.5 Å². The van der Waals surface area contributed by atoms with Crippen molar-refractivity contribution in [2.45, 2.75) is 39.7 Å². The molecule has 0 saturated heterocycles. The van der Waals surface area contributed by atoms with Crippen molar-refractivity contribution in [3.8, 4) is 0 Å². The molecule has 1 aromatic heterocycles. The van der Waals surface area contributed by atoms with Gasteiger partial charge in [0, 0.05) is 22.6 Å². The summed E-state index contributed by atoms with van der Waals surface area (Å²) in [5.41, 5.74) is 7.03. The molecule has 0 amide bonds. The summed E-state index contributed by atoms with van der Waals surface area (Å²) in [6.07, 6.45) is 2.42. The first kappa shape index (κ1) is 10.8. The van der Waals surface area contributed by atoms with Crippen LogP contribution in [0.5, 0.6) is 0 Å². The van der Waals surface area contributed by atoms with Crippen molar-refractivity contribution in [3.63, 3.8) is 0 Å². The zero-order valence-electron chi connectivity index (χ0n) is 10.9. The number of nitrogens with one attached hydrogen (secondary N) is 2. The Morgan fingerprint density at radius 2 is 2.18 bits per heavy atom. The Morgan fingerprint density at radius 3 is 2.94 bits per heavy atom. The van der Waals surface area contributed by atoms with E-state index in [0.717, 1.165) is 6.54 Å². The third kappa shape index (κ3) is 1.59. The zero-order valence-corrected chi connectivity index (χ0v) is 10.9. The van der Waals surface area contributed by atoms with Crippen LogP contribution in [0.2, 0.25) is 0 Å². The van der Waals surface area contributed by atoms with E-state index in [9.17, 15) is 0 Å². The maximum absolute atomic E-state index is 3.61. The fourth-order valence-corrected chi connectivity index (χ4v) is 3.27. The topological polar surface area (TPSA) is 27.8 Å². The molecule has 17 heavy (non-hydrogen) atoms. The summed E-state index contributed by atoms with van der Waals surface area (Å²) in [6.45, 7) is 7.62. The van der Waals surface area contributed by atoms with E-state index in [1.807, 2.05) is 0 Å². The summed E-state index contributed by atoms with van der Waals surface area (Å²) in [6, 6.07) is 5.10. The number of rotatable bonds is 2. The summed E-state index contributed by atoms with van der Waals surface area (Å²) in [5.74, 6) is 0. The van der Waals surface area contributed by atoms with Gasteiger partial charge in [0.2, 0.25) is 0 Å². The number of H-pyrrole nitrogens is 1. The van der Waals surface area contributed by atoms with E-state index < -0.39 is 0 Å². The predicted molar refractivity (Wildman–Crippen MR) is 72.5 cm³/mol. The van der Waals surface area contributed by atoms with Gasteiger partial charge in [-0.2, -0.15) is 0 Å². The Hall–Kier alpha value is -1.28. The normalized spacial score (nSPS) is 18.9. The highest BCUT2D eigenvalue weighted by Crippen LogP contribution is 2.38. The van der Waals surface area contributed by atoms with Gasteiger partial charge in [-0.1, -0.05) is 13.0 Å². The lowest BCUT2D eigenvalue weighted by molar-refractivity contribution is 0.551.